The molecule has 1 N–H and O–H groups in total. The largest absolute Gasteiger partial charge is 0.544 e. The lowest BCUT2D eigenvalue weighted by atomic mass is 10.2. The van der Waals surface area contributed by atoms with E-state index in [0.29, 0.717) is 26.3 Å². The molecule has 3 rings (SSSR count). The van der Waals surface area contributed by atoms with E-state index in [9.17, 15) is 14.7 Å². The average Bonchev–Trinajstić information content (AvgIpc) is 2.86. The number of hydrogen-bond acceptors (Lipinski definition) is 5. The first-order valence-electron chi connectivity index (χ1n) is 6.74. The quantitative estimate of drug-likeness (QED) is 0.757. The molecule has 0 spiro atoms. The molecule has 2 aromatic heterocycles. The third kappa shape index (κ3) is 3.08. The molecule has 5 nitrogen and oxygen atoms in total. The summed E-state index contributed by atoms with van der Waals surface area (Å²) in [5, 5.41) is 12.2. The second-order valence-corrected chi connectivity index (χ2v) is 6.80. The van der Waals surface area contributed by atoms with Crippen LogP contribution < -0.4 is 10.7 Å². The Hall–Kier alpha value is -2.15. The van der Waals surface area contributed by atoms with Gasteiger partial charge in [-0.3, -0.25) is 4.79 Å². The monoisotopic (exact) mass is 379 g/mol. The number of aromatic amines is 1. The van der Waals surface area contributed by atoms with Crippen LogP contribution in [-0.4, -0.2) is 15.9 Å². The number of hydrogen-bond donors (Lipinski definition) is 1. The van der Waals surface area contributed by atoms with Gasteiger partial charge in [0.1, 0.15) is 10.7 Å². The number of nitrogens with one attached hydrogen (secondary N) is 1. The van der Waals surface area contributed by atoms with Gasteiger partial charge in [0.25, 0.3) is 5.56 Å². The van der Waals surface area contributed by atoms with Crippen molar-refractivity contribution in [3.63, 3.8) is 0 Å². The Balaban J connectivity index is 2.04. The number of thiophene rings is 1. The van der Waals surface area contributed by atoms with E-state index in [1.54, 1.807) is 37.3 Å². The zero-order chi connectivity index (χ0) is 17.4. The SMILES string of the molecule is Cc1c(C(=O)[O-])sc2nc(/C=C/c3ccc(Cl)c(Cl)c3)[nH]c(=O)c12. The first-order valence-corrected chi connectivity index (χ1v) is 8.32. The highest BCUT2D eigenvalue weighted by molar-refractivity contribution is 7.20. The van der Waals surface area contributed by atoms with Crippen LogP contribution in [0.15, 0.2) is 23.0 Å². The molecule has 1 aromatic carbocycles. The number of carbonyl (C=O) groups excluding carboxylic acids is 1. The van der Waals surface area contributed by atoms with Crippen molar-refractivity contribution in [1.29, 1.82) is 0 Å². The van der Waals surface area contributed by atoms with Gasteiger partial charge in [0, 0.05) is 0 Å². The Morgan fingerprint density at radius 2 is 2.04 bits per heavy atom. The van der Waals surface area contributed by atoms with Gasteiger partial charge >= 0.3 is 0 Å². The molecule has 3 aromatic rings. The van der Waals surface area contributed by atoms with Crippen LogP contribution in [0.4, 0.5) is 0 Å². The summed E-state index contributed by atoms with van der Waals surface area (Å²) in [7, 11) is 0. The zero-order valence-electron chi connectivity index (χ0n) is 12.2. The van der Waals surface area contributed by atoms with Gasteiger partial charge in [-0.1, -0.05) is 35.3 Å². The van der Waals surface area contributed by atoms with E-state index in [1.165, 1.54) is 0 Å². The molecule has 2 heterocycles. The molecule has 0 unspecified atom stereocenters. The van der Waals surface area contributed by atoms with Crippen molar-refractivity contribution in [3.8, 4) is 0 Å². The van der Waals surface area contributed by atoms with Gasteiger partial charge in [-0.15, -0.1) is 11.3 Å². The van der Waals surface area contributed by atoms with Gasteiger partial charge in [0.15, 0.2) is 0 Å². The Labute approximate surface area is 150 Å². The summed E-state index contributed by atoms with van der Waals surface area (Å²) in [5.41, 5.74) is 0.753. The summed E-state index contributed by atoms with van der Waals surface area (Å²) in [6.07, 6.45) is 3.32. The normalized spacial score (nSPS) is 11.5. The molecule has 122 valence electrons. The van der Waals surface area contributed by atoms with Gasteiger partial charge < -0.3 is 14.9 Å². The summed E-state index contributed by atoms with van der Waals surface area (Å²) in [6, 6.07) is 5.11. The summed E-state index contributed by atoms with van der Waals surface area (Å²) in [5.74, 6) is -1.01. The lowest BCUT2D eigenvalue weighted by molar-refractivity contribution is -0.254. The molecule has 8 heteroatoms. The number of carbonyl (C=O) groups is 1. The molecule has 0 aliphatic carbocycles. The van der Waals surface area contributed by atoms with Crippen molar-refractivity contribution < 1.29 is 9.90 Å². The summed E-state index contributed by atoms with van der Waals surface area (Å²) in [4.78, 5) is 30.5. The van der Waals surface area contributed by atoms with Crippen molar-refractivity contribution in [2.45, 2.75) is 6.92 Å². The minimum Gasteiger partial charge on any atom is -0.544 e. The number of aryl methyl sites for hydroxylation is 1. The molecule has 0 aliphatic heterocycles. The number of benzene rings is 1. The van der Waals surface area contributed by atoms with E-state index in [0.717, 1.165) is 16.9 Å². The molecule has 0 radical (unpaired) electrons. The van der Waals surface area contributed by atoms with Crippen molar-refractivity contribution in [2.75, 3.05) is 0 Å². The van der Waals surface area contributed by atoms with Crippen LogP contribution in [0.1, 0.15) is 26.6 Å². The van der Waals surface area contributed by atoms with Crippen LogP contribution in [0.3, 0.4) is 0 Å². The molecule has 0 bridgehead atoms. The number of rotatable bonds is 3. The molecule has 0 atom stereocenters. The van der Waals surface area contributed by atoms with Gasteiger partial charge in [-0.2, -0.15) is 0 Å². The van der Waals surface area contributed by atoms with Gasteiger partial charge in [-0.05, 0) is 36.3 Å². The van der Waals surface area contributed by atoms with Gasteiger partial charge in [-0.25, -0.2) is 4.98 Å². The molecule has 0 saturated heterocycles. The number of H-pyrrole nitrogens is 1. The lowest BCUT2D eigenvalue weighted by Crippen LogP contribution is -2.21. The lowest BCUT2D eigenvalue weighted by Gasteiger charge is -1.98. The number of carboxylic acids is 1. The Kier molecular flexibility index (Phi) is 4.45. The fraction of sp³-hybridized carbons (Fsp3) is 0.0625. The van der Waals surface area contributed by atoms with E-state index in [-0.39, 0.29) is 10.3 Å². The second kappa shape index (κ2) is 6.39. The van der Waals surface area contributed by atoms with Crippen molar-refractivity contribution in [2.24, 2.45) is 0 Å². The fourth-order valence-electron chi connectivity index (χ4n) is 2.23. The van der Waals surface area contributed by atoms with Gasteiger partial charge in [0.05, 0.1) is 26.3 Å². The minimum absolute atomic E-state index is 0.00797. The number of carboxylic acid groups (broad SMARTS) is 1. The van der Waals surface area contributed by atoms with Crippen LogP contribution in [0.2, 0.25) is 10.0 Å². The van der Waals surface area contributed by atoms with E-state index in [4.69, 9.17) is 23.2 Å². The van der Waals surface area contributed by atoms with E-state index in [1.807, 2.05) is 0 Å². The zero-order valence-corrected chi connectivity index (χ0v) is 14.6. The third-order valence-corrected chi connectivity index (χ3v) is 5.29. The highest BCUT2D eigenvalue weighted by Gasteiger charge is 2.14. The third-order valence-electron chi connectivity index (χ3n) is 3.38. The van der Waals surface area contributed by atoms with Crippen LogP contribution in [0, 0.1) is 6.92 Å². The first-order chi connectivity index (χ1) is 11.4. The number of halogens is 2. The first kappa shape index (κ1) is 16.7. The summed E-state index contributed by atoms with van der Waals surface area (Å²) >= 11 is 12.7. The predicted molar refractivity (Wildman–Crippen MR) is 94.7 cm³/mol. The second-order valence-electron chi connectivity index (χ2n) is 4.98. The van der Waals surface area contributed by atoms with E-state index < -0.39 is 11.5 Å². The average molecular weight is 380 g/mol. The van der Waals surface area contributed by atoms with Gasteiger partial charge in [0.2, 0.25) is 0 Å². The number of aromatic nitrogens is 2. The summed E-state index contributed by atoms with van der Waals surface area (Å²) < 4.78 is 0. The maximum atomic E-state index is 12.2. The Morgan fingerprint density at radius 3 is 2.71 bits per heavy atom. The van der Waals surface area contributed by atoms with Crippen LogP contribution in [0.25, 0.3) is 22.4 Å². The summed E-state index contributed by atoms with van der Waals surface area (Å²) in [6.45, 7) is 1.56. The van der Waals surface area contributed by atoms with Crippen molar-refractivity contribution >= 4 is 62.9 Å². The molecule has 0 aliphatic rings. The Bertz CT molecular complexity index is 1050. The Morgan fingerprint density at radius 1 is 1.29 bits per heavy atom. The maximum Gasteiger partial charge on any atom is 0.260 e. The fourth-order valence-corrected chi connectivity index (χ4v) is 3.56. The molecular weight excluding hydrogens is 371 g/mol. The standard InChI is InChI=1S/C16H10Cl2N2O3S/c1-7-12-14(21)19-11(20-15(12)24-13(7)16(22)23)5-3-8-2-4-9(17)10(18)6-8/h2-6H,1H3,(H,22,23)(H,19,20,21)/p-1/b5-3+. The number of nitrogens with zero attached hydrogens (tertiary/aromatic N) is 1. The van der Waals surface area contributed by atoms with E-state index >= 15 is 0 Å². The van der Waals surface area contributed by atoms with Crippen molar-refractivity contribution in [1.82, 2.24) is 9.97 Å². The highest BCUT2D eigenvalue weighted by Crippen LogP contribution is 2.27. The predicted octanol–water partition coefficient (Wildman–Crippen LogP) is 3.13. The topological polar surface area (TPSA) is 85.9 Å². The van der Waals surface area contributed by atoms with Crippen LogP contribution in [0.5, 0.6) is 0 Å². The smallest absolute Gasteiger partial charge is 0.260 e. The van der Waals surface area contributed by atoms with Crippen LogP contribution in [-0.2, 0) is 0 Å². The molecule has 0 fully saturated rings. The van der Waals surface area contributed by atoms with Crippen molar-refractivity contribution in [3.05, 3.63) is 60.4 Å². The maximum absolute atomic E-state index is 12.2. The molecule has 0 saturated carbocycles. The van der Waals surface area contributed by atoms with E-state index in [2.05, 4.69) is 9.97 Å². The molecule has 24 heavy (non-hydrogen) atoms. The minimum atomic E-state index is -1.32. The number of aromatic carboxylic acids is 1. The molecular formula is C16H9Cl2N2O3S-. The molecule has 0 amide bonds. The highest BCUT2D eigenvalue weighted by atomic mass is 35.5. The number of fused-ring (bicyclic) bond motifs is 1. The van der Waals surface area contributed by atoms with Crippen LogP contribution >= 0.6 is 34.5 Å².